The van der Waals surface area contributed by atoms with Crippen molar-refractivity contribution in [2.45, 2.75) is 31.4 Å². The number of methoxy groups -OCH3 is 1. The van der Waals surface area contributed by atoms with Gasteiger partial charge in [0, 0.05) is 30.8 Å². The number of nitro groups is 1. The van der Waals surface area contributed by atoms with Gasteiger partial charge in [0.25, 0.3) is 5.91 Å². The number of benzene rings is 1. The minimum atomic E-state index is -3.19. The molecule has 0 aromatic heterocycles. The fraction of sp³-hybridized carbons (Fsp3) is 0.588. The van der Waals surface area contributed by atoms with Crippen LogP contribution in [0.4, 0.5) is 5.69 Å². The lowest BCUT2D eigenvalue weighted by atomic mass is 10.1. The number of nitro benzene ring substituents is 1. The summed E-state index contributed by atoms with van der Waals surface area (Å²) in [4.78, 5) is 25.3. The van der Waals surface area contributed by atoms with Crippen molar-refractivity contribution in [2.75, 3.05) is 31.8 Å². The molecule has 2 heterocycles. The second-order valence-electron chi connectivity index (χ2n) is 6.79. The fourth-order valence-electron chi connectivity index (χ4n) is 3.56. The van der Waals surface area contributed by atoms with E-state index in [0.29, 0.717) is 13.0 Å². The molecule has 148 valence electrons. The van der Waals surface area contributed by atoms with Gasteiger partial charge in [0.2, 0.25) is 0 Å². The van der Waals surface area contributed by atoms with Crippen molar-refractivity contribution in [1.29, 1.82) is 0 Å². The summed E-state index contributed by atoms with van der Waals surface area (Å²) in [6, 6.07) is 3.56. The summed E-state index contributed by atoms with van der Waals surface area (Å²) in [6.07, 6.45) is 1.90. The molecule has 3 rings (SSSR count). The van der Waals surface area contributed by atoms with Gasteiger partial charge in [-0.25, -0.2) is 8.42 Å². The molecule has 2 aliphatic heterocycles. The van der Waals surface area contributed by atoms with Crippen molar-refractivity contribution in [3.63, 3.8) is 0 Å². The number of sulfone groups is 1. The van der Waals surface area contributed by atoms with E-state index < -0.39 is 26.7 Å². The second kappa shape index (κ2) is 7.81. The highest BCUT2D eigenvalue weighted by Gasteiger charge is 2.37. The highest BCUT2D eigenvalue weighted by Crippen LogP contribution is 2.29. The van der Waals surface area contributed by atoms with Gasteiger partial charge in [-0.15, -0.1) is 0 Å². The van der Waals surface area contributed by atoms with Crippen molar-refractivity contribution < 1.29 is 27.6 Å². The number of carbonyl (C=O) groups excluding carboxylic acids is 1. The van der Waals surface area contributed by atoms with Gasteiger partial charge in [0.1, 0.15) is 0 Å². The maximum Gasteiger partial charge on any atom is 0.311 e. The summed E-state index contributed by atoms with van der Waals surface area (Å²) >= 11 is 0. The van der Waals surface area contributed by atoms with Crippen molar-refractivity contribution in [3.05, 3.63) is 33.9 Å². The van der Waals surface area contributed by atoms with Gasteiger partial charge < -0.3 is 14.4 Å². The number of carbonyl (C=O) groups is 1. The van der Waals surface area contributed by atoms with Gasteiger partial charge in [-0.3, -0.25) is 14.9 Å². The van der Waals surface area contributed by atoms with E-state index in [1.54, 1.807) is 0 Å². The minimum Gasteiger partial charge on any atom is -0.490 e. The van der Waals surface area contributed by atoms with E-state index in [0.717, 1.165) is 12.8 Å². The Morgan fingerprint density at radius 2 is 2.19 bits per heavy atom. The lowest BCUT2D eigenvalue weighted by Crippen LogP contribution is -2.45. The van der Waals surface area contributed by atoms with Gasteiger partial charge in [-0.2, -0.15) is 0 Å². The molecule has 2 fully saturated rings. The average molecular weight is 398 g/mol. The molecule has 2 aliphatic rings. The Bertz CT molecular complexity index is 834. The van der Waals surface area contributed by atoms with Crippen LogP contribution in [-0.2, 0) is 14.6 Å². The summed E-state index contributed by atoms with van der Waals surface area (Å²) in [5.74, 6) is -0.427. The normalized spacial score (nSPS) is 23.9. The third kappa shape index (κ3) is 4.38. The summed E-state index contributed by atoms with van der Waals surface area (Å²) in [5.41, 5.74) is -0.177. The molecule has 2 unspecified atom stereocenters. The molecule has 0 spiro atoms. The summed E-state index contributed by atoms with van der Waals surface area (Å²) < 4.78 is 34.4. The van der Waals surface area contributed by atoms with Crippen LogP contribution in [-0.4, -0.2) is 68.1 Å². The zero-order chi connectivity index (χ0) is 19.6. The van der Waals surface area contributed by atoms with Crippen LogP contribution in [0.5, 0.6) is 5.75 Å². The first-order valence-electron chi connectivity index (χ1n) is 8.76. The third-order valence-electron chi connectivity index (χ3n) is 4.96. The van der Waals surface area contributed by atoms with Crippen LogP contribution in [0.1, 0.15) is 29.6 Å². The first-order valence-corrected chi connectivity index (χ1v) is 10.6. The highest BCUT2D eigenvalue weighted by atomic mass is 32.2. The fourth-order valence-corrected chi connectivity index (χ4v) is 5.29. The molecule has 0 saturated carbocycles. The molecule has 0 radical (unpaired) electrons. The minimum absolute atomic E-state index is 0.0374. The topological polar surface area (TPSA) is 116 Å². The Kier molecular flexibility index (Phi) is 5.66. The molecule has 9 nitrogen and oxygen atoms in total. The quantitative estimate of drug-likeness (QED) is 0.525. The van der Waals surface area contributed by atoms with Crippen LogP contribution >= 0.6 is 0 Å². The van der Waals surface area contributed by atoms with E-state index in [9.17, 15) is 23.3 Å². The number of hydrogen-bond donors (Lipinski definition) is 0. The van der Waals surface area contributed by atoms with Gasteiger partial charge >= 0.3 is 5.69 Å². The first-order chi connectivity index (χ1) is 12.8. The Morgan fingerprint density at radius 1 is 1.41 bits per heavy atom. The van der Waals surface area contributed by atoms with Crippen molar-refractivity contribution in [2.24, 2.45) is 0 Å². The molecular weight excluding hydrogens is 376 g/mol. The Labute approximate surface area is 157 Å². The molecule has 0 bridgehead atoms. The number of rotatable bonds is 6. The van der Waals surface area contributed by atoms with Crippen molar-refractivity contribution >= 4 is 21.4 Å². The first kappa shape index (κ1) is 19.6. The maximum atomic E-state index is 13.1. The molecule has 2 saturated heterocycles. The predicted octanol–water partition coefficient (Wildman–Crippen LogP) is 1.41. The van der Waals surface area contributed by atoms with Crippen molar-refractivity contribution in [1.82, 2.24) is 4.90 Å². The van der Waals surface area contributed by atoms with E-state index in [1.807, 2.05) is 0 Å². The van der Waals surface area contributed by atoms with Crippen LogP contribution < -0.4 is 4.74 Å². The van der Waals surface area contributed by atoms with Crippen molar-refractivity contribution in [3.8, 4) is 5.75 Å². The van der Waals surface area contributed by atoms with Crippen LogP contribution in [0.15, 0.2) is 18.2 Å². The van der Waals surface area contributed by atoms with E-state index >= 15 is 0 Å². The monoisotopic (exact) mass is 398 g/mol. The van der Waals surface area contributed by atoms with Gasteiger partial charge in [0.15, 0.2) is 15.6 Å². The standard InChI is InChI=1S/C17H22N2O7S/c1-25-16-5-4-12(9-15(16)19(21)22)17(20)18(10-14-3-2-7-26-14)13-6-8-27(23,24)11-13/h4-5,9,13-14H,2-3,6-8,10-11H2,1H3. The third-order valence-corrected chi connectivity index (χ3v) is 6.71. The predicted molar refractivity (Wildman–Crippen MR) is 96.7 cm³/mol. The number of hydrogen-bond acceptors (Lipinski definition) is 7. The van der Waals surface area contributed by atoms with Crippen LogP contribution in [0.2, 0.25) is 0 Å². The van der Waals surface area contributed by atoms with Gasteiger partial charge in [0.05, 0.1) is 29.6 Å². The molecule has 1 aromatic carbocycles. The number of nitrogens with zero attached hydrogens (tertiary/aromatic N) is 2. The Morgan fingerprint density at radius 3 is 2.74 bits per heavy atom. The summed E-state index contributed by atoms with van der Waals surface area (Å²) in [5, 5.41) is 11.2. The molecule has 1 amide bonds. The summed E-state index contributed by atoms with van der Waals surface area (Å²) in [6.45, 7) is 0.891. The maximum absolute atomic E-state index is 13.1. The second-order valence-corrected chi connectivity index (χ2v) is 9.02. The molecule has 2 atom stereocenters. The lowest BCUT2D eigenvalue weighted by Gasteiger charge is -2.30. The SMILES string of the molecule is COc1ccc(C(=O)N(CC2CCCO2)C2CCS(=O)(=O)C2)cc1[N+](=O)[O-]. The smallest absolute Gasteiger partial charge is 0.311 e. The number of amides is 1. The molecule has 0 aliphatic carbocycles. The summed E-state index contributed by atoms with van der Waals surface area (Å²) in [7, 11) is -1.87. The van der Waals surface area contributed by atoms with Crippen LogP contribution in [0.25, 0.3) is 0 Å². The molecular formula is C17H22N2O7S. The number of ether oxygens (including phenoxy) is 2. The zero-order valence-electron chi connectivity index (χ0n) is 15.0. The van der Waals surface area contributed by atoms with E-state index in [4.69, 9.17) is 9.47 Å². The molecule has 27 heavy (non-hydrogen) atoms. The zero-order valence-corrected chi connectivity index (χ0v) is 15.8. The Balaban J connectivity index is 1.90. The van der Waals surface area contributed by atoms with Crippen LogP contribution in [0.3, 0.4) is 0 Å². The van der Waals surface area contributed by atoms with Gasteiger partial charge in [-0.05, 0) is 31.4 Å². The van der Waals surface area contributed by atoms with Crippen LogP contribution in [0, 0.1) is 10.1 Å². The highest BCUT2D eigenvalue weighted by molar-refractivity contribution is 7.91. The average Bonchev–Trinajstić information content (AvgIpc) is 3.27. The Hall–Kier alpha value is -2.20. The van der Waals surface area contributed by atoms with Gasteiger partial charge in [-0.1, -0.05) is 0 Å². The largest absolute Gasteiger partial charge is 0.490 e. The van der Waals surface area contributed by atoms with E-state index in [2.05, 4.69) is 0 Å². The molecule has 0 N–H and O–H groups in total. The lowest BCUT2D eigenvalue weighted by molar-refractivity contribution is -0.385. The van der Waals surface area contributed by atoms with E-state index in [-0.39, 0.29) is 41.2 Å². The molecule has 10 heteroatoms. The molecule has 1 aromatic rings. The van der Waals surface area contributed by atoms with E-state index in [1.165, 1.54) is 30.2 Å².